The molecular weight excluding hydrogens is 348 g/mol. The number of benzene rings is 1. The van der Waals surface area contributed by atoms with E-state index in [2.05, 4.69) is 15.6 Å². The summed E-state index contributed by atoms with van der Waals surface area (Å²) in [6, 6.07) is 13.2. The van der Waals surface area contributed by atoms with Crippen LogP contribution in [0.3, 0.4) is 0 Å². The number of rotatable bonds is 8. The summed E-state index contributed by atoms with van der Waals surface area (Å²) in [6.07, 6.45) is 3.22. The van der Waals surface area contributed by atoms with E-state index in [-0.39, 0.29) is 31.6 Å². The lowest BCUT2D eigenvalue weighted by atomic mass is 10.2. The van der Waals surface area contributed by atoms with Gasteiger partial charge in [-0.05, 0) is 17.7 Å². The van der Waals surface area contributed by atoms with E-state index in [4.69, 9.17) is 9.15 Å². The number of imidazole rings is 1. The largest absolute Gasteiger partial charge is 0.467 e. The lowest BCUT2D eigenvalue weighted by Gasteiger charge is -2.08. The number of furan rings is 1. The van der Waals surface area contributed by atoms with Crippen LogP contribution in [-0.2, 0) is 27.9 Å². The van der Waals surface area contributed by atoms with Gasteiger partial charge in [0, 0.05) is 7.05 Å². The zero-order valence-corrected chi connectivity index (χ0v) is 14.8. The smallest absolute Gasteiger partial charge is 0.252 e. The van der Waals surface area contributed by atoms with Crippen molar-refractivity contribution in [1.29, 1.82) is 0 Å². The van der Waals surface area contributed by atoms with Crippen molar-refractivity contribution in [1.82, 2.24) is 14.9 Å². The third-order valence-corrected chi connectivity index (χ3v) is 3.82. The zero-order chi connectivity index (χ0) is 19.1. The van der Waals surface area contributed by atoms with E-state index >= 15 is 0 Å². The molecule has 8 heteroatoms. The number of amides is 2. The molecule has 0 atom stereocenters. The predicted octanol–water partition coefficient (Wildman–Crippen LogP) is 1.95. The summed E-state index contributed by atoms with van der Waals surface area (Å²) in [4.78, 5) is 27.9. The normalized spacial score (nSPS) is 10.6. The molecule has 0 saturated carbocycles. The second-order valence-electron chi connectivity index (χ2n) is 5.79. The van der Waals surface area contributed by atoms with E-state index in [0.29, 0.717) is 11.7 Å². The predicted molar refractivity (Wildman–Crippen MR) is 98.6 cm³/mol. The van der Waals surface area contributed by atoms with Crippen LogP contribution in [0.25, 0.3) is 11.3 Å². The Morgan fingerprint density at radius 2 is 1.89 bits per heavy atom. The average Bonchev–Trinajstić information content (AvgIpc) is 3.31. The first-order chi connectivity index (χ1) is 13.1. The molecule has 8 nitrogen and oxygen atoms in total. The van der Waals surface area contributed by atoms with Gasteiger partial charge in [-0.25, -0.2) is 4.98 Å². The molecule has 0 fully saturated rings. The molecule has 2 N–H and O–H groups in total. The summed E-state index contributed by atoms with van der Waals surface area (Å²) in [6.45, 7) is -0.192. The van der Waals surface area contributed by atoms with Crippen molar-refractivity contribution in [2.75, 3.05) is 18.5 Å². The SMILES string of the molecule is Cn1c(-c2ccccc2)cnc1NC(=O)COCC(=O)NCc1ccco1. The minimum atomic E-state index is -0.387. The number of carbonyl (C=O) groups excluding carboxylic acids is 2. The minimum absolute atomic E-state index is 0.218. The maximum Gasteiger partial charge on any atom is 0.252 e. The molecule has 0 bridgehead atoms. The standard InChI is InChI=1S/C19H20N4O4/c1-23-16(14-6-3-2-4-7-14)11-21-19(23)22-18(25)13-26-12-17(24)20-10-15-8-5-9-27-15/h2-9,11H,10,12-13H2,1H3,(H,20,24)(H,21,22,25). The van der Waals surface area contributed by atoms with Gasteiger partial charge in [-0.3, -0.25) is 14.9 Å². The van der Waals surface area contributed by atoms with Gasteiger partial charge in [0.1, 0.15) is 19.0 Å². The average molecular weight is 368 g/mol. The molecule has 27 heavy (non-hydrogen) atoms. The van der Waals surface area contributed by atoms with Gasteiger partial charge in [0.15, 0.2) is 0 Å². The highest BCUT2D eigenvalue weighted by Gasteiger charge is 2.12. The number of aromatic nitrogens is 2. The molecule has 3 rings (SSSR count). The molecule has 0 saturated heterocycles. The fourth-order valence-corrected chi connectivity index (χ4v) is 2.45. The Labute approximate surface area is 156 Å². The molecule has 0 aliphatic rings. The van der Waals surface area contributed by atoms with Crippen molar-refractivity contribution in [2.45, 2.75) is 6.54 Å². The van der Waals surface area contributed by atoms with Crippen LogP contribution < -0.4 is 10.6 Å². The summed E-state index contributed by atoms with van der Waals surface area (Å²) >= 11 is 0. The van der Waals surface area contributed by atoms with Crippen LogP contribution in [-0.4, -0.2) is 34.6 Å². The Hall–Kier alpha value is -3.39. The highest BCUT2D eigenvalue weighted by atomic mass is 16.5. The summed E-state index contributed by atoms with van der Waals surface area (Å²) < 4.78 is 12.0. The van der Waals surface area contributed by atoms with Crippen molar-refractivity contribution in [3.8, 4) is 11.3 Å². The van der Waals surface area contributed by atoms with E-state index in [1.165, 1.54) is 6.26 Å². The van der Waals surface area contributed by atoms with Gasteiger partial charge in [0.05, 0.1) is 24.7 Å². The lowest BCUT2D eigenvalue weighted by molar-refractivity contribution is -0.128. The molecule has 2 aromatic heterocycles. The second-order valence-corrected chi connectivity index (χ2v) is 5.79. The molecule has 0 unspecified atom stereocenters. The first-order valence-electron chi connectivity index (χ1n) is 8.37. The molecule has 0 radical (unpaired) electrons. The van der Waals surface area contributed by atoms with Gasteiger partial charge in [-0.15, -0.1) is 0 Å². The number of nitrogens with one attached hydrogen (secondary N) is 2. The Bertz CT molecular complexity index is 888. The maximum atomic E-state index is 12.0. The van der Waals surface area contributed by atoms with E-state index in [1.807, 2.05) is 37.4 Å². The molecule has 0 aliphatic carbocycles. The van der Waals surface area contributed by atoms with Crippen LogP contribution in [0.15, 0.2) is 59.3 Å². The Balaban J connectivity index is 1.43. The summed E-state index contributed by atoms with van der Waals surface area (Å²) in [5, 5.41) is 5.30. The fraction of sp³-hybridized carbons (Fsp3) is 0.211. The Morgan fingerprint density at radius 3 is 2.63 bits per heavy atom. The van der Waals surface area contributed by atoms with Crippen LogP contribution in [0.1, 0.15) is 5.76 Å². The molecule has 140 valence electrons. The molecule has 1 aromatic carbocycles. The fourth-order valence-electron chi connectivity index (χ4n) is 2.45. The molecule has 0 aliphatic heterocycles. The molecule has 2 amide bonds. The highest BCUT2D eigenvalue weighted by molar-refractivity contribution is 5.90. The number of nitrogens with zero attached hydrogens (tertiary/aromatic N) is 2. The van der Waals surface area contributed by atoms with E-state index in [9.17, 15) is 9.59 Å². The van der Waals surface area contributed by atoms with Crippen LogP contribution >= 0.6 is 0 Å². The quantitative estimate of drug-likeness (QED) is 0.633. The van der Waals surface area contributed by atoms with Gasteiger partial charge < -0.3 is 19.0 Å². The number of ether oxygens (including phenoxy) is 1. The third-order valence-electron chi connectivity index (χ3n) is 3.82. The van der Waals surface area contributed by atoms with Crippen molar-refractivity contribution in [3.63, 3.8) is 0 Å². The van der Waals surface area contributed by atoms with Crippen molar-refractivity contribution < 1.29 is 18.7 Å². The van der Waals surface area contributed by atoms with Crippen LogP contribution in [0.4, 0.5) is 5.95 Å². The minimum Gasteiger partial charge on any atom is -0.467 e. The van der Waals surface area contributed by atoms with Crippen LogP contribution in [0.2, 0.25) is 0 Å². The molecule has 3 aromatic rings. The van der Waals surface area contributed by atoms with Gasteiger partial charge in [0.25, 0.3) is 5.91 Å². The van der Waals surface area contributed by atoms with E-state index in [1.54, 1.807) is 22.9 Å². The van der Waals surface area contributed by atoms with Crippen LogP contribution in [0, 0.1) is 0 Å². The van der Waals surface area contributed by atoms with Gasteiger partial charge in [-0.2, -0.15) is 0 Å². The summed E-state index contributed by atoms with van der Waals surface area (Å²) in [5.74, 6) is 0.333. The van der Waals surface area contributed by atoms with E-state index < -0.39 is 0 Å². The Morgan fingerprint density at radius 1 is 1.11 bits per heavy atom. The number of hydrogen-bond acceptors (Lipinski definition) is 5. The van der Waals surface area contributed by atoms with Gasteiger partial charge in [0.2, 0.25) is 11.9 Å². The molecular formula is C19H20N4O4. The summed E-state index contributed by atoms with van der Waals surface area (Å²) in [7, 11) is 1.81. The third kappa shape index (κ3) is 5.05. The van der Waals surface area contributed by atoms with Crippen molar-refractivity contribution >= 4 is 17.8 Å². The maximum absolute atomic E-state index is 12.0. The lowest BCUT2D eigenvalue weighted by Crippen LogP contribution is -2.29. The van der Waals surface area contributed by atoms with Crippen molar-refractivity contribution in [3.05, 3.63) is 60.7 Å². The summed E-state index contributed by atoms with van der Waals surface area (Å²) in [5.41, 5.74) is 1.88. The van der Waals surface area contributed by atoms with Gasteiger partial charge in [-0.1, -0.05) is 30.3 Å². The van der Waals surface area contributed by atoms with E-state index in [0.717, 1.165) is 11.3 Å². The molecule has 2 heterocycles. The number of anilines is 1. The first-order valence-corrected chi connectivity index (χ1v) is 8.37. The van der Waals surface area contributed by atoms with Crippen LogP contribution in [0.5, 0.6) is 0 Å². The van der Waals surface area contributed by atoms with Gasteiger partial charge >= 0.3 is 0 Å². The topological polar surface area (TPSA) is 98.4 Å². The second kappa shape index (κ2) is 8.81. The first kappa shape index (κ1) is 18.4. The number of hydrogen-bond donors (Lipinski definition) is 2. The molecule has 0 spiro atoms. The Kier molecular flexibility index (Phi) is 6.01. The zero-order valence-electron chi connectivity index (χ0n) is 14.8. The highest BCUT2D eigenvalue weighted by Crippen LogP contribution is 2.21. The number of carbonyl (C=O) groups is 2. The monoisotopic (exact) mass is 368 g/mol. The van der Waals surface area contributed by atoms with Crippen molar-refractivity contribution in [2.24, 2.45) is 7.05 Å².